The van der Waals surface area contributed by atoms with Crippen LogP contribution >= 0.6 is 11.6 Å². The lowest BCUT2D eigenvalue weighted by Crippen LogP contribution is -2.25. The number of ether oxygens (including phenoxy) is 3. The summed E-state index contributed by atoms with van der Waals surface area (Å²) >= 11 is 5.70. The molecular formula is C13H21ClO4. The van der Waals surface area contributed by atoms with Gasteiger partial charge in [0.05, 0.1) is 19.3 Å². The van der Waals surface area contributed by atoms with Crippen LogP contribution in [0.4, 0.5) is 0 Å². The first kappa shape index (κ1) is 14.1. The van der Waals surface area contributed by atoms with E-state index in [0.717, 1.165) is 12.8 Å². The molecule has 4 nitrogen and oxygen atoms in total. The number of carbonyl (C=O) groups excluding carboxylic acids is 1. The van der Waals surface area contributed by atoms with Crippen LogP contribution in [-0.4, -0.2) is 43.4 Å². The molecule has 0 aromatic carbocycles. The van der Waals surface area contributed by atoms with Crippen LogP contribution in [0.15, 0.2) is 0 Å². The van der Waals surface area contributed by atoms with E-state index in [1.54, 1.807) is 6.92 Å². The number of alkyl halides is 1. The molecule has 0 aromatic rings. The van der Waals surface area contributed by atoms with Crippen molar-refractivity contribution in [3.05, 3.63) is 0 Å². The van der Waals surface area contributed by atoms with Crippen LogP contribution in [0, 0.1) is 11.8 Å². The molecule has 0 bridgehead atoms. The van der Waals surface area contributed by atoms with E-state index in [0.29, 0.717) is 31.7 Å². The summed E-state index contributed by atoms with van der Waals surface area (Å²) in [5.74, 6) is 0.735. The van der Waals surface area contributed by atoms with Crippen molar-refractivity contribution in [3.63, 3.8) is 0 Å². The molecule has 2 aliphatic rings. The predicted octanol–water partition coefficient (Wildman–Crippen LogP) is 1.99. The molecule has 0 aromatic heterocycles. The Hall–Kier alpha value is -0.320. The third-order valence-electron chi connectivity index (χ3n) is 3.67. The van der Waals surface area contributed by atoms with Gasteiger partial charge < -0.3 is 14.2 Å². The van der Waals surface area contributed by atoms with E-state index in [4.69, 9.17) is 25.8 Å². The van der Waals surface area contributed by atoms with Crippen LogP contribution in [0.3, 0.4) is 0 Å². The molecule has 2 fully saturated rings. The Bertz CT molecular complexity index is 295. The fraction of sp³-hybridized carbons (Fsp3) is 0.923. The van der Waals surface area contributed by atoms with Crippen molar-refractivity contribution < 1.29 is 19.0 Å². The third-order valence-corrected chi connectivity index (χ3v) is 3.85. The van der Waals surface area contributed by atoms with E-state index in [1.807, 2.05) is 6.92 Å². The summed E-state index contributed by atoms with van der Waals surface area (Å²) in [6.07, 6.45) is 2.13. The second-order valence-corrected chi connectivity index (χ2v) is 5.65. The lowest BCUT2D eigenvalue weighted by molar-refractivity contribution is -0.149. The minimum absolute atomic E-state index is 0.000735. The molecule has 0 N–H and O–H groups in total. The lowest BCUT2D eigenvalue weighted by atomic mass is 10.2. The average molecular weight is 277 g/mol. The smallest absolute Gasteiger partial charge is 0.324 e. The fourth-order valence-corrected chi connectivity index (χ4v) is 2.69. The lowest BCUT2D eigenvalue weighted by Gasteiger charge is -2.18. The largest absolute Gasteiger partial charge is 0.461 e. The number of hydrogen-bond acceptors (Lipinski definition) is 4. The normalized spacial score (nSPS) is 35.1. The van der Waals surface area contributed by atoms with Gasteiger partial charge in [0.1, 0.15) is 11.5 Å². The second kappa shape index (κ2) is 6.22. The highest BCUT2D eigenvalue weighted by Crippen LogP contribution is 2.54. The van der Waals surface area contributed by atoms with Crippen molar-refractivity contribution in [1.29, 1.82) is 0 Å². The molecule has 0 aliphatic heterocycles. The maximum absolute atomic E-state index is 11.5. The Morgan fingerprint density at radius 3 is 2.67 bits per heavy atom. The van der Waals surface area contributed by atoms with Gasteiger partial charge in [-0.25, -0.2) is 0 Å². The van der Waals surface area contributed by atoms with Crippen molar-refractivity contribution in [3.8, 4) is 0 Å². The Labute approximate surface area is 113 Å². The van der Waals surface area contributed by atoms with Gasteiger partial charge in [0.2, 0.25) is 0 Å². The van der Waals surface area contributed by atoms with E-state index in [1.165, 1.54) is 0 Å². The highest BCUT2D eigenvalue weighted by atomic mass is 35.5. The predicted molar refractivity (Wildman–Crippen MR) is 67.6 cm³/mol. The van der Waals surface area contributed by atoms with E-state index in [-0.39, 0.29) is 18.2 Å². The molecule has 0 unspecified atom stereocenters. The van der Waals surface area contributed by atoms with Gasteiger partial charge in [-0.15, -0.1) is 11.6 Å². The molecule has 104 valence electrons. The summed E-state index contributed by atoms with van der Waals surface area (Å²) in [6, 6.07) is 0. The molecule has 2 saturated carbocycles. The van der Waals surface area contributed by atoms with Crippen molar-refractivity contribution in [2.24, 2.45) is 11.8 Å². The molecule has 0 radical (unpaired) electrons. The van der Waals surface area contributed by atoms with Gasteiger partial charge in [0.25, 0.3) is 0 Å². The number of halogens is 1. The Kier molecular flexibility index (Phi) is 4.87. The van der Waals surface area contributed by atoms with Gasteiger partial charge in [-0.1, -0.05) is 0 Å². The SMILES string of the molecule is CCOCCO[C@@H]1C[C@H](OC(=O)[C@H](C)Cl)[C@H]2C[C@H]21. The van der Waals surface area contributed by atoms with Crippen LogP contribution < -0.4 is 0 Å². The first-order valence-electron chi connectivity index (χ1n) is 6.67. The van der Waals surface area contributed by atoms with E-state index in [9.17, 15) is 4.79 Å². The maximum atomic E-state index is 11.5. The zero-order valence-electron chi connectivity index (χ0n) is 10.9. The van der Waals surface area contributed by atoms with Crippen molar-refractivity contribution >= 4 is 17.6 Å². The zero-order chi connectivity index (χ0) is 13.1. The van der Waals surface area contributed by atoms with Crippen LogP contribution in [0.25, 0.3) is 0 Å². The minimum Gasteiger partial charge on any atom is -0.461 e. The highest BCUT2D eigenvalue weighted by molar-refractivity contribution is 6.29. The van der Waals surface area contributed by atoms with E-state index in [2.05, 4.69) is 0 Å². The molecule has 0 spiro atoms. The summed E-state index contributed by atoms with van der Waals surface area (Å²) < 4.78 is 16.4. The molecule has 2 rings (SSSR count). The van der Waals surface area contributed by atoms with E-state index >= 15 is 0 Å². The van der Waals surface area contributed by atoms with Gasteiger partial charge in [-0.3, -0.25) is 4.79 Å². The fourth-order valence-electron chi connectivity index (χ4n) is 2.64. The molecule has 2 aliphatic carbocycles. The molecule has 18 heavy (non-hydrogen) atoms. The number of hydrogen-bond donors (Lipinski definition) is 0. The number of fused-ring (bicyclic) bond motifs is 1. The van der Waals surface area contributed by atoms with Gasteiger partial charge in [0, 0.05) is 18.9 Å². The Balaban J connectivity index is 1.70. The maximum Gasteiger partial charge on any atom is 0.324 e. The minimum atomic E-state index is -0.569. The Morgan fingerprint density at radius 1 is 1.28 bits per heavy atom. The van der Waals surface area contributed by atoms with Gasteiger partial charge in [-0.2, -0.15) is 0 Å². The van der Waals surface area contributed by atoms with Crippen molar-refractivity contribution in [2.45, 2.75) is 44.3 Å². The standard InChI is InChI=1S/C13H21ClO4/c1-3-16-4-5-17-11-7-12(10-6-9(10)11)18-13(15)8(2)14/h8-12H,3-7H2,1-2H3/t8-,9+,10-,11+,12-/m0/s1. The summed E-state index contributed by atoms with van der Waals surface area (Å²) in [5.41, 5.74) is 0. The summed E-state index contributed by atoms with van der Waals surface area (Å²) in [4.78, 5) is 11.5. The monoisotopic (exact) mass is 276 g/mol. The van der Waals surface area contributed by atoms with E-state index < -0.39 is 5.38 Å². The van der Waals surface area contributed by atoms with Crippen LogP contribution in [-0.2, 0) is 19.0 Å². The number of esters is 1. The molecule has 5 heteroatoms. The molecular weight excluding hydrogens is 256 g/mol. The molecule has 0 amide bonds. The third kappa shape index (κ3) is 3.37. The van der Waals surface area contributed by atoms with Crippen LogP contribution in [0.5, 0.6) is 0 Å². The average Bonchev–Trinajstić information content (AvgIpc) is 3.05. The first-order chi connectivity index (χ1) is 8.63. The van der Waals surface area contributed by atoms with Gasteiger partial charge in [0.15, 0.2) is 0 Å². The summed E-state index contributed by atoms with van der Waals surface area (Å²) in [5, 5.41) is -0.569. The summed E-state index contributed by atoms with van der Waals surface area (Å²) in [6.45, 7) is 5.57. The quantitative estimate of drug-likeness (QED) is 0.405. The molecule has 0 saturated heterocycles. The number of carbonyl (C=O) groups is 1. The first-order valence-corrected chi connectivity index (χ1v) is 7.11. The topological polar surface area (TPSA) is 44.8 Å². The zero-order valence-corrected chi connectivity index (χ0v) is 11.7. The van der Waals surface area contributed by atoms with Gasteiger partial charge >= 0.3 is 5.97 Å². The van der Waals surface area contributed by atoms with Gasteiger partial charge in [-0.05, 0) is 26.2 Å². The van der Waals surface area contributed by atoms with Crippen molar-refractivity contribution in [1.82, 2.24) is 0 Å². The molecule has 0 heterocycles. The van der Waals surface area contributed by atoms with Crippen LogP contribution in [0.2, 0.25) is 0 Å². The van der Waals surface area contributed by atoms with Crippen LogP contribution in [0.1, 0.15) is 26.7 Å². The molecule has 5 atom stereocenters. The van der Waals surface area contributed by atoms with Crippen molar-refractivity contribution in [2.75, 3.05) is 19.8 Å². The summed E-state index contributed by atoms with van der Waals surface area (Å²) in [7, 11) is 0. The Morgan fingerprint density at radius 2 is 2.00 bits per heavy atom. The highest BCUT2D eigenvalue weighted by Gasteiger charge is 2.56. The number of rotatable bonds is 7. The second-order valence-electron chi connectivity index (χ2n) is 5.00.